The van der Waals surface area contributed by atoms with Gasteiger partial charge < -0.3 is 5.32 Å². The lowest BCUT2D eigenvalue weighted by Crippen LogP contribution is -2.41. The van der Waals surface area contributed by atoms with Gasteiger partial charge >= 0.3 is 0 Å². The van der Waals surface area contributed by atoms with Gasteiger partial charge in [0.2, 0.25) is 15.9 Å². The third kappa shape index (κ3) is 4.25. The molecule has 3 rings (SSSR count). The predicted octanol–water partition coefficient (Wildman–Crippen LogP) is 3.79. The zero-order valence-corrected chi connectivity index (χ0v) is 17.1. The maximum absolute atomic E-state index is 13.9. The monoisotopic (exact) mass is 404 g/mol. The van der Waals surface area contributed by atoms with Gasteiger partial charge in [-0.2, -0.15) is 4.31 Å². The van der Waals surface area contributed by atoms with Crippen LogP contribution in [0.3, 0.4) is 0 Å². The number of piperidine rings is 1. The van der Waals surface area contributed by atoms with Crippen molar-refractivity contribution in [3.63, 3.8) is 0 Å². The number of halogens is 1. The van der Waals surface area contributed by atoms with E-state index in [0.29, 0.717) is 12.8 Å². The Hall–Kier alpha value is -2.25. The Morgan fingerprint density at radius 3 is 2.32 bits per heavy atom. The minimum Gasteiger partial charge on any atom is -0.323 e. The Labute approximate surface area is 165 Å². The summed E-state index contributed by atoms with van der Waals surface area (Å²) in [6, 6.07) is 9.76. The average molecular weight is 405 g/mol. The summed E-state index contributed by atoms with van der Waals surface area (Å²) >= 11 is 0. The van der Waals surface area contributed by atoms with Gasteiger partial charge in [-0.3, -0.25) is 4.79 Å². The molecule has 0 radical (unpaired) electrons. The van der Waals surface area contributed by atoms with E-state index in [9.17, 15) is 17.6 Å². The molecule has 150 valence electrons. The lowest BCUT2D eigenvalue weighted by molar-refractivity contribution is -0.120. The summed E-state index contributed by atoms with van der Waals surface area (Å²) in [6.45, 7) is 6.13. The van der Waals surface area contributed by atoms with Crippen molar-refractivity contribution in [2.45, 2.75) is 38.5 Å². The molecule has 7 heteroatoms. The molecule has 1 N–H and O–H groups in total. The molecule has 1 heterocycles. The van der Waals surface area contributed by atoms with Gasteiger partial charge in [0, 0.05) is 19.0 Å². The number of rotatable bonds is 4. The van der Waals surface area contributed by atoms with Crippen molar-refractivity contribution in [3.05, 3.63) is 58.9 Å². The van der Waals surface area contributed by atoms with Crippen molar-refractivity contribution in [1.29, 1.82) is 0 Å². The predicted molar refractivity (Wildman–Crippen MR) is 107 cm³/mol. The second-order valence-corrected chi connectivity index (χ2v) is 9.33. The maximum atomic E-state index is 13.9. The molecular weight excluding hydrogens is 379 g/mol. The second kappa shape index (κ2) is 8.01. The van der Waals surface area contributed by atoms with E-state index in [4.69, 9.17) is 0 Å². The van der Waals surface area contributed by atoms with Crippen molar-refractivity contribution >= 4 is 21.6 Å². The number of nitrogens with one attached hydrogen (secondary N) is 1. The second-order valence-electron chi connectivity index (χ2n) is 7.40. The molecule has 2 aromatic carbocycles. The Bertz CT molecular complexity index is 997. The van der Waals surface area contributed by atoms with Crippen LogP contribution in [0.15, 0.2) is 41.3 Å². The molecule has 0 unspecified atom stereocenters. The van der Waals surface area contributed by atoms with Crippen molar-refractivity contribution in [2.75, 3.05) is 18.4 Å². The molecule has 1 amide bonds. The van der Waals surface area contributed by atoms with Gasteiger partial charge in [-0.1, -0.05) is 12.1 Å². The number of amides is 1. The van der Waals surface area contributed by atoms with E-state index in [-0.39, 0.29) is 35.5 Å². The van der Waals surface area contributed by atoms with Crippen molar-refractivity contribution in [3.8, 4) is 0 Å². The first-order valence-corrected chi connectivity index (χ1v) is 10.8. The minimum absolute atomic E-state index is 0.154. The van der Waals surface area contributed by atoms with E-state index in [2.05, 4.69) is 5.32 Å². The quantitative estimate of drug-likeness (QED) is 0.843. The van der Waals surface area contributed by atoms with Crippen LogP contribution in [0.1, 0.15) is 29.5 Å². The maximum Gasteiger partial charge on any atom is 0.243 e. The molecule has 0 spiro atoms. The highest BCUT2D eigenvalue weighted by Crippen LogP contribution is 2.26. The average Bonchev–Trinajstić information content (AvgIpc) is 2.66. The van der Waals surface area contributed by atoms with Crippen LogP contribution in [-0.4, -0.2) is 31.7 Å². The Morgan fingerprint density at radius 1 is 1.04 bits per heavy atom. The molecule has 2 aromatic rings. The molecule has 28 heavy (non-hydrogen) atoms. The summed E-state index contributed by atoms with van der Waals surface area (Å²) in [5.41, 5.74) is 2.90. The van der Waals surface area contributed by atoms with Crippen molar-refractivity contribution < 1.29 is 17.6 Å². The van der Waals surface area contributed by atoms with E-state index in [1.165, 1.54) is 10.4 Å². The first kappa shape index (κ1) is 20.5. The van der Waals surface area contributed by atoms with E-state index < -0.39 is 15.8 Å². The number of anilines is 1. The van der Waals surface area contributed by atoms with Crippen LogP contribution in [0.4, 0.5) is 10.1 Å². The van der Waals surface area contributed by atoms with Gasteiger partial charge in [-0.15, -0.1) is 0 Å². The van der Waals surface area contributed by atoms with Gasteiger partial charge in [0.25, 0.3) is 0 Å². The van der Waals surface area contributed by atoms with Crippen LogP contribution in [0.5, 0.6) is 0 Å². The molecule has 0 aliphatic carbocycles. The fourth-order valence-electron chi connectivity index (χ4n) is 3.34. The third-order valence-corrected chi connectivity index (χ3v) is 7.22. The van der Waals surface area contributed by atoms with E-state index in [1.807, 2.05) is 13.8 Å². The number of aryl methyl sites for hydroxylation is 3. The number of sulfonamides is 1. The van der Waals surface area contributed by atoms with Gasteiger partial charge in [-0.25, -0.2) is 12.8 Å². The normalized spacial score (nSPS) is 16.1. The van der Waals surface area contributed by atoms with Crippen LogP contribution in [0.2, 0.25) is 0 Å². The molecule has 0 saturated carbocycles. The van der Waals surface area contributed by atoms with Gasteiger partial charge in [0.05, 0.1) is 10.6 Å². The standard InChI is InChI=1S/C21H25FN2O3S/c1-14-4-7-20(19(22)12-14)23-21(25)17-8-10-24(11-9-17)28(26,27)18-6-5-15(2)16(3)13-18/h4-7,12-13,17H,8-11H2,1-3H3,(H,23,25). The van der Waals surface area contributed by atoms with Crippen molar-refractivity contribution in [1.82, 2.24) is 4.31 Å². The molecule has 1 aliphatic rings. The number of carbonyl (C=O) groups excluding carboxylic acids is 1. The molecule has 1 saturated heterocycles. The summed E-state index contributed by atoms with van der Waals surface area (Å²) in [5.74, 6) is -1.08. The van der Waals surface area contributed by atoms with Crippen LogP contribution >= 0.6 is 0 Å². The first-order valence-electron chi connectivity index (χ1n) is 9.33. The van der Waals surface area contributed by atoms with Gasteiger partial charge in [-0.05, 0) is 74.6 Å². The van der Waals surface area contributed by atoms with E-state index in [0.717, 1.165) is 16.7 Å². The highest BCUT2D eigenvalue weighted by molar-refractivity contribution is 7.89. The summed E-state index contributed by atoms with van der Waals surface area (Å²) in [5, 5.41) is 2.62. The summed E-state index contributed by atoms with van der Waals surface area (Å²) in [4.78, 5) is 12.7. The van der Waals surface area contributed by atoms with Gasteiger partial charge in [0.1, 0.15) is 5.82 Å². The zero-order valence-electron chi connectivity index (χ0n) is 16.3. The molecule has 0 atom stereocenters. The first-order chi connectivity index (χ1) is 13.2. The number of benzene rings is 2. The smallest absolute Gasteiger partial charge is 0.243 e. The van der Waals surface area contributed by atoms with Crippen LogP contribution in [0.25, 0.3) is 0 Å². The Morgan fingerprint density at radius 2 is 1.71 bits per heavy atom. The summed E-state index contributed by atoms with van der Waals surface area (Å²) in [6.07, 6.45) is 0.812. The number of hydrogen-bond acceptors (Lipinski definition) is 3. The van der Waals surface area contributed by atoms with Crippen LogP contribution in [-0.2, 0) is 14.8 Å². The molecular formula is C21H25FN2O3S. The fraction of sp³-hybridized carbons (Fsp3) is 0.381. The number of carbonyl (C=O) groups is 1. The molecule has 1 aliphatic heterocycles. The topological polar surface area (TPSA) is 66.5 Å². The molecule has 5 nitrogen and oxygen atoms in total. The summed E-state index contributed by atoms with van der Waals surface area (Å²) < 4.78 is 41.1. The Kier molecular flexibility index (Phi) is 5.86. The lowest BCUT2D eigenvalue weighted by Gasteiger charge is -2.30. The van der Waals surface area contributed by atoms with Crippen LogP contribution in [0, 0.1) is 32.5 Å². The zero-order chi connectivity index (χ0) is 20.5. The fourth-order valence-corrected chi connectivity index (χ4v) is 4.89. The van der Waals surface area contributed by atoms with Gasteiger partial charge in [0.15, 0.2) is 0 Å². The summed E-state index contributed by atoms with van der Waals surface area (Å²) in [7, 11) is -3.58. The third-order valence-electron chi connectivity index (χ3n) is 5.32. The minimum atomic E-state index is -3.58. The van der Waals surface area contributed by atoms with Crippen LogP contribution < -0.4 is 5.32 Å². The largest absolute Gasteiger partial charge is 0.323 e. The lowest BCUT2D eigenvalue weighted by atomic mass is 9.97. The highest BCUT2D eigenvalue weighted by atomic mass is 32.2. The molecule has 0 aromatic heterocycles. The Balaban J connectivity index is 1.64. The van der Waals surface area contributed by atoms with E-state index in [1.54, 1.807) is 37.3 Å². The number of hydrogen-bond donors (Lipinski definition) is 1. The highest BCUT2D eigenvalue weighted by Gasteiger charge is 2.32. The SMILES string of the molecule is Cc1ccc(NC(=O)C2CCN(S(=O)(=O)c3ccc(C)c(C)c3)CC2)c(F)c1. The number of nitrogens with zero attached hydrogens (tertiary/aromatic N) is 1. The molecule has 0 bridgehead atoms. The molecule has 1 fully saturated rings. The van der Waals surface area contributed by atoms with E-state index >= 15 is 0 Å². The van der Waals surface area contributed by atoms with Crippen molar-refractivity contribution in [2.24, 2.45) is 5.92 Å².